The first-order valence-corrected chi connectivity index (χ1v) is 7.10. The molecule has 1 aliphatic heterocycles. The van der Waals surface area contributed by atoms with Crippen LogP contribution in [0, 0.1) is 11.0 Å². The highest BCUT2D eigenvalue weighted by atomic mass is 19.1. The molecule has 0 bridgehead atoms. The minimum absolute atomic E-state index is 0.362. The van der Waals surface area contributed by atoms with Crippen molar-refractivity contribution < 1.29 is 14.3 Å². The van der Waals surface area contributed by atoms with Gasteiger partial charge in [-0.15, -0.1) is 5.06 Å². The van der Waals surface area contributed by atoms with Gasteiger partial charge in [-0.25, -0.2) is 4.39 Å². The molecule has 0 fully saturated rings. The Morgan fingerprint density at radius 1 is 1.14 bits per heavy atom. The van der Waals surface area contributed by atoms with E-state index in [0.717, 1.165) is 9.80 Å². The van der Waals surface area contributed by atoms with Crippen molar-refractivity contribution in [3.63, 3.8) is 0 Å². The molecule has 0 unspecified atom stereocenters. The summed E-state index contributed by atoms with van der Waals surface area (Å²) in [5.41, 5.74) is 0.484. The Morgan fingerprint density at radius 3 is 2.32 bits per heavy atom. The molecule has 3 rings (SSSR count). The van der Waals surface area contributed by atoms with E-state index in [-0.39, 0.29) is 5.82 Å². The second-order valence-corrected chi connectivity index (χ2v) is 5.59. The largest absolute Gasteiger partial charge is 0.622 e. The van der Waals surface area contributed by atoms with Crippen LogP contribution >= 0.6 is 0 Å². The van der Waals surface area contributed by atoms with Gasteiger partial charge in [0.15, 0.2) is 0 Å². The molecular weight excluding hydrogens is 283 g/mol. The minimum atomic E-state index is -1.22. The first kappa shape index (κ1) is 14.7. The van der Waals surface area contributed by atoms with Crippen molar-refractivity contribution in [2.45, 2.75) is 25.6 Å². The molecule has 2 atom stereocenters. The monoisotopic (exact) mass is 300 g/mol. The summed E-state index contributed by atoms with van der Waals surface area (Å²) in [6, 6.07) is 14.3. The van der Waals surface area contributed by atoms with Gasteiger partial charge in [0.2, 0.25) is 5.71 Å². The lowest BCUT2D eigenvalue weighted by atomic mass is 10.0. The highest BCUT2D eigenvalue weighted by molar-refractivity contribution is 6.01. The molecule has 0 aromatic heterocycles. The minimum Gasteiger partial charge on any atom is -0.622 e. The number of rotatable bonds is 2. The smallest absolute Gasteiger partial charge is 0.274 e. The van der Waals surface area contributed by atoms with Gasteiger partial charge in [-0.05, 0) is 31.2 Å². The van der Waals surface area contributed by atoms with E-state index >= 15 is 0 Å². The van der Waals surface area contributed by atoms with Crippen LogP contribution in [0.5, 0.6) is 0 Å². The fourth-order valence-electron chi connectivity index (χ4n) is 2.97. The van der Waals surface area contributed by atoms with Gasteiger partial charge in [-0.3, -0.25) is 0 Å². The molecule has 0 saturated heterocycles. The van der Waals surface area contributed by atoms with E-state index in [1.165, 1.54) is 12.1 Å². The number of hydroxylamine groups is 3. The van der Waals surface area contributed by atoms with E-state index in [4.69, 9.17) is 0 Å². The van der Waals surface area contributed by atoms with Gasteiger partial charge in [0.1, 0.15) is 11.9 Å². The van der Waals surface area contributed by atoms with E-state index in [9.17, 15) is 14.8 Å². The molecule has 0 radical (unpaired) electrons. The molecular formula is C17H17FN2O2. The van der Waals surface area contributed by atoms with E-state index in [0.29, 0.717) is 16.8 Å². The molecule has 1 heterocycles. The average molecular weight is 300 g/mol. The average Bonchev–Trinajstić information content (AvgIpc) is 2.71. The second-order valence-electron chi connectivity index (χ2n) is 5.59. The molecule has 2 aromatic carbocycles. The zero-order valence-corrected chi connectivity index (χ0v) is 12.4. The predicted octanol–water partition coefficient (Wildman–Crippen LogP) is 3.09. The molecule has 0 saturated carbocycles. The van der Waals surface area contributed by atoms with Crippen molar-refractivity contribution >= 4 is 5.71 Å². The molecule has 4 nitrogen and oxygen atoms in total. The van der Waals surface area contributed by atoms with E-state index in [2.05, 4.69) is 0 Å². The van der Waals surface area contributed by atoms with Gasteiger partial charge in [0.05, 0.1) is 0 Å². The summed E-state index contributed by atoms with van der Waals surface area (Å²) in [6.45, 7) is 3.42. The first-order chi connectivity index (χ1) is 10.5. The second kappa shape index (κ2) is 5.19. The topological polar surface area (TPSA) is 49.5 Å². The normalized spacial score (nSPS) is 25.7. The summed E-state index contributed by atoms with van der Waals surface area (Å²) in [4.78, 5) is 0. The third-order valence-electron chi connectivity index (χ3n) is 4.28. The quantitative estimate of drug-likeness (QED) is 0.685. The Balaban J connectivity index is 2.16. The van der Waals surface area contributed by atoms with Crippen molar-refractivity contribution in [1.29, 1.82) is 0 Å². The van der Waals surface area contributed by atoms with Gasteiger partial charge in [-0.2, -0.15) is 4.74 Å². The number of halogens is 1. The summed E-state index contributed by atoms with van der Waals surface area (Å²) >= 11 is 0. The van der Waals surface area contributed by atoms with Gasteiger partial charge >= 0.3 is 0 Å². The van der Waals surface area contributed by atoms with Gasteiger partial charge in [0.25, 0.3) is 5.66 Å². The summed E-state index contributed by atoms with van der Waals surface area (Å²) < 4.78 is 13.9. The van der Waals surface area contributed by atoms with Gasteiger partial charge in [0, 0.05) is 18.1 Å². The lowest BCUT2D eigenvalue weighted by molar-refractivity contribution is -0.595. The third kappa shape index (κ3) is 2.01. The molecule has 0 spiro atoms. The van der Waals surface area contributed by atoms with E-state index in [1.807, 2.05) is 18.2 Å². The van der Waals surface area contributed by atoms with Crippen LogP contribution in [-0.2, 0) is 5.66 Å². The van der Waals surface area contributed by atoms with Gasteiger partial charge < -0.3 is 10.4 Å². The highest BCUT2D eigenvalue weighted by Crippen LogP contribution is 2.36. The Hall–Kier alpha value is -2.24. The van der Waals surface area contributed by atoms with Gasteiger partial charge in [-0.1, -0.05) is 30.3 Å². The molecule has 1 N–H and O–H groups in total. The molecule has 5 heteroatoms. The molecule has 0 aliphatic carbocycles. The van der Waals surface area contributed by atoms with E-state index in [1.54, 1.807) is 38.1 Å². The molecule has 2 aromatic rings. The maximum Gasteiger partial charge on any atom is 0.274 e. The highest BCUT2D eigenvalue weighted by Gasteiger charge is 2.54. The molecule has 114 valence electrons. The number of hydrogen-bond acceptors (Lipinski definition) is 3. The maximum atomic E-state index is 13.1. The van der Waals surface area contributed by atoms with Crippen LogP contribution in [0.3, 0.4) is 0 Å². The lowest BCUT2D eigenvalue weighted by Crippen LogP contribution is -2.45. The first-order valence-electron chi connectivity index (χ1n) is 7.10. The summed E-state index contributed by atoms with van der Waals surface area (Å²) in [7, 11) is 0. The van der Waals surface area contributed by atoms with Crippen molar-refractivity contribution in [3.05, 3.63) is 76.7 Å². The van der Waals surface area contributed by atoms with Crippen LogP contribution < -0.4 is 0 Å². The Labute approximate surface area is 128 Å². The fraction of sp³-hybridized carbons (Fsp3) is 0.235. The lowest BCUT2D eigenvalue weighted by Gasteiger charge is -2.29. The van der Waals surface area contributed by atoms with Crippen molar-refractivity contribution in [2.24, 2.45) is 0 Å². The van der Waals surface area contributed by atoms with Crippen LogP contribution in [0.15, 0.2) is 54.6 Å². The Kier molecular flexibility index (Phi) is 3.47. The molecule has 22 heavy (non-hydrogen) atoms. The molecule has 1 aliphatic rings. The SMILES string of the molecule is C[C@H]1C(c2ccc(F)cc2)=[N+]([O-])[C@](C)(c2ccccc2)N1O. The zero-order valence-electron chi connectivity index (χ0n) is 12.4. The molecule has 0 amide bonds. The predicted molar refractivity (Wildman–Crippen MR) is 81.0 cm³/mol. The third-order valence-corrected chi connectivity index (χ3v) is 4.28. The fourth-order valence-corrected chi connectivity index (χ4v) is 2.97. The van der Waals surface area contributed by atoms with Crippen molar-refractivity contribution in [2.75, 3.05) is 0 Å². The number of hydrogen-bond donors (Lipinski definition) is 1. The van der Waals surface area contributed by atoms with Crippen LogP contribution in [0.2, 0.25) is 0 Å². The van der Waals surface area contributed by atoms with Crippen molar-refractivity contribution in [1.82, 2.24) is 5.06 Å². The number of nitrogens with zero attached hydrogens (tertiary/aromatic N) is 2. The zero-order chi connectivity index (χ0) is 15.9. The van der Waals surface area contributed by atoms with E-state index < -0.39 is 11.7 Å². The Bertz CT molecular complexity index is 715. The maximum absolute atomic E-state index is 13.1. The van der Waals surface area contributed by atoms with Crippen molar-refractivity contribution in [3.8, 4) is 0 Å². The van der Waals surface area contributed by atoms with Crippen LogP contribution in [-0.4, -0.2) is 26.8 Å². The summed E-state index contributed by atoms with van der Waals surface area (Å²) in [5.74, 6) is -0.362. The van der Waals surface area contributed by atoms with Crippen LogP contribution in [0.1, 0.15) is 25.0 Å². The number of benzene rings is 2. The van der Waals surface area contributed by atoms with Crippen LogP contribution in [0.4, 0.5) is 4.39 Å². The van der Waals surface area contributed by atoms with Crippen LogP contribution in [0.25, 0.3) is 0 Å². The standard InChI is InChI=1S/C17H17FN2O2/c1-12-16(13-8-10-15(18)11-9-13)20(22)17(2,19(12)21)14-6-4-3-5-7-14/h3-12,21H,1-2H3/t12-,17+/m0/s1. The Morgan fingerprint density at radius 2 is 1.73 bits per heavy atom. The summed E-state index contributed by atoms with van der Waals surface area (Å²) in [5, 5.41) is 24.5. The summed E-state index contributed by atoms with van der Waals surface area (Å²) in [6.07, 6.45) is 0.